The fourth-order valence-corrected chi connectivity index (χ4v) is 4.34. The van der Waals surface area contributed by atoms with Crippen molar-refractivity contribution >= 4 is 0 Å². The summed E-state index contributed by atoms with van der Waals surface area (Å²) in [7, 11) is 0. The SMILES string of the molecule is C=CCC.C=CCC.C=CCOc1ccc(C(C)(C)c2ccc(OCC=C)cc2)cc1.CC(C)(c1ccc(O)cc1)c1ccc(O)cc1. The van der Waals surface area contributed by atoms with Gasteiger partial charge in [-0.3, -0.25) is 0 Å². The zero-order chi connectivity index (χ0) is 36.0. The van der Waals surface area contributed by atoms with Crippen molar-refractivity contribution in [3.05, 3.63) is 170 Å². The van der Waals surface area contributed by atoms with Crippen molar-refractivity contribution in [2.75, 3.05) is 13.2 Å². The van der Waals surface area contributed by atoms with E-state index in [9.17, 15) is 10.2 Å². The molecule has 0 aliphatic rings. The summed E-state index contributed by atoms with van der Waals surface area (Å²) in [5.41, 5.74) is 4.49. The number of hydrogen-bond donors (Lipinski definition) is 2. The van der Waals surface area contributed by atoms with Crippen LogP contribution in [-0.2, 0) is 10.8 Å². The summed E-state index contributed by atoms with van der Waals surface area (Å²) in [5, 5.41) is 18.6. The van der Waals surface area contributed by atoms with E-state index in [4.69, 9.17) is 9.47 Å². The minimum absolute atomic E-state index is 0.0894. The molecule has 0 atom stereocenters. The van der Waals surface area contributed by atoms with Crippen LogP contribution in [0.15, 0.2) is 148 Å². The zero-order valence-electron chi connectivity index (χ0n) is 29.9. The highest BCUT2D eigenvalue weighted by Gasteiger charge is 2.24. The number of allylic oxidation sites excluding steroid dienone is 2. The van der Waals surface area contributed by atoms with E-state index in [1.807, 2.05) is 60.7 Å². The van der Waals surface area contributed by atoms with Crippen molar-refractivity contribution in [2.45, 2.75) is 65.2 Å². The lowest BCUT2D eigenvalue weighted by Crippen LogP contribution is -2.18. The van der Waals surface area contributed by atoms with Crippen LogP contribution in [0, 0.1) is 0 Å². The fourth-order valence-electron chi connectivity index (χ4n) is 4.34. The first-order valence-electron chi connectivity index (χ1n) is 16.4. The van der Waals surface area contributed by atoms with Gasteiger partial charge in [-0.1, -0.05) is 128 Å². The van der Waals surface area contributed by atoms with Gasteiger partial charge in [0.2, 0.25) is 0 Å². The highest BCUT2D eigenvalue weighted by Crippen LogP contribution is 2.34. The van der Waals surface area contributed by atoms with Crippen LogP contribution in [0.2, 0.25) is 0 Å². The highest BCUT2D eigenvalue weighted by molar-refractivity contribution is 5.43. The van der Waals surface area contributed by atoms with Crippen LogP contribution in [0.5, 0.6) is 23.0 Å². The number of ether oxygens (including phenoxy) is 2. The van der Waals surface area contributed by atoms with E-state index in [2.05, 4.69) is 92.1 Å². The molecular weight excluding hydrogens is 592 g/mol. The van der Waals surface area contributed by atoms with E-state index in [1.54, 1.807) is 36.4 Å². The molecule has 48 heavy (non-hydrogen) atoms. The van der Waals surface area contributed by atoms with Crippen LogP contribution in [0.1, 0.15) is 76.6 Å². The molecule has 0 fully saturated rings. The second-order valence-corrected chi connectivity index (χ2v) is 12.0. The minimum Gasteiger partial charge on any atom is -0.508 e. The molecule has 0 aliphatic carbocycles. The predicted octanol–water partition coefficient (Wildman–Crippen LogP) is 11.7. The van der Waals surface area contributed by atoms with Crippen LogP contribution in [0.4, 0.5) is 0 Å². The Bertz CT molecular complexity index is 1370. The van der Waals surface area contributed by atoms with Gasteiger partial charge in [-0.15, -0.1) is 13.2 Å². The number of aromatic hydroxyl groups is 2. The Balaban J connectivity index is 0.000000402. The molecule has 4 aromatic carbocycles. The zero-order valence-corrected chi connectivity index (χ0v) is 29.9. The van der Waals surface area contributed by atoms with Crippen LogP contribution in [-0.4, -0.2) is 23.4 Å². The van der Waals surface area contributed by atoms with E-state index in [0.717, 1.165) is 35.5 Å². The van der Waals surface area contributed by atoms with Crippen LogP contribution >= 0.6 is 0 Å². The third-order valence-electron chi connectivity index (χ3n) is 7.64. The number of phenolic OH excluding ortho intramolecular Hbond substituents is 2. The van der Waals surface area contributed by atoms with Gasteiger partial charge in [0.05, 0.1) is 0 Å². The van der Waals surface area contributed by atoms with Gasteiger partial charge in [0.1, 0.15) is 36.2 Å². The van der Waals surface area contributed by atoms with Gasteiger partial charge in [-0.05, 0) is 83.6 Å². The topological polar surface area (TPSA) is 58.9 Å². The van der Waals surface area contributed by atoms with E-state index >= 15 is 0 Å². The van der Waals surface area contributed by atoms with Gasteiger partial charge >= 0.3 is 0 Å². The molecule has 4 aromatic rings. The number of phenols is 2. The molecule has 0 amide bonds. The third kappa shape index (κ3) is 13.8. The lowest BCUT2D eigenvalue weighted by molar-refractivity contribution is 0.363. The summed E-state index contributed by atoms with van der Waals surface area (Å²) in [6, 6.07) is 30.9. The summed E-state index contributed by atoms with van der Waals surface area (Å²) in [4.78, 5) is 0. The first-order chi connectivity index (χ1) is 22.9. The highest BCUT2D eigenvalue weighted by atomic mass is 16.5. The maximum absolute atomic E-state index is 9.30. The lowest BCUT2D eigenvalue weighted by Gasteiger charge is -2.26. The molecule has 2 N–H and O–H groups in total. The van der Waals surface area contributed by atoms with Gasteiger partial charge in [-0.2, -0.15) is 0 Å². The van der Waals surface area contributed by atoms with Crippen LogP contribution < -0.4 is 9.47 Å². The summed E-state index contributed by atoms with van der Waals surface area (Å²) in [6.07, 6.45) is 9.40. The maximum atomic E-state index is 9.30. The van der Waals surface area contributed by atoms with Crippen molar-refractivity contribution in [1.29, 1.82) is 0 Å². The molecule has 0 aliphatic heterocycles. The van der Waals surface area contributed by atoms with Gasteiger partial charge < -0.3 is 19.7 Å². The summed E-state index contributed by atoms with van der Waals surface area (Å²) < 4.78 is 11.1. The number of rotatable bonds is 12. The van der Waals surface area contributed by atoms with Gasteiger partial charge in [0, 0.05) is 10.8 Å². The van der Waals surface area contributed by atoms with Gasteiger partial charge in [0.25, 0.3) is 0 Å². The molecule has 4 nitrogen and oxygen atoms in total. The summed E-state index contributed by atoms with van der Waals surface area (Å²) >= 11 is 0. The van der Waals surface area contributed by atoms with Crippen molar-refractivity contribution < 1.29 is 19.7 Å². The molecular formula is C44H56O4. The Morgan fingerprint density at radius 2 is 0.688 bits per heavy atom. The molecule has 4 heteroatoms. The Labute approximate surface area is 290 Å². The van der Waals surface area contributed by atoms with E-state index in [0.29, 0.717) is 13.2 Å². The molecule has 0 bridgehead atoms. The largest absolute Gasteiger partial charge is 0.508 e. The second kappa shape index (κ2) is 21.8. The quantitative estimate of drug-likeness (QED) is 0.150. The monoisotopic (exact) mass is 648 g/mol. The Hall–Kier alpha value is -4.96. The molecule has 0 saturated carbocycles. The predicted molar refractivity (Wildman–Crippen MR) is 206 cm³/mol. The molecule has 0 radical (unpaired) electrons. The average Bonchev–Trinajstić information content (AvgIpc) is 3.11. The molecule has 0 saturated heterocycles. The molecule has 0 heterocycles. The lowest BCUT2D eigenvalue weighted by atomic mass is 9.78. The maximum Gasteiger partial charge on any atom is 0.119 e. The first-order valence-corrected chi connectivity index (χ1v) is 16.4. The number of benzene rings is 4. The average molecular weight is 649 g/mol. The molecule has 256 valence electrons. The fraction of sp³-hybridized carbons (Fsp3) is 0.273. The van der Waals surface area contributed by atoms with Crippen molar-refractivity contribution in [2.24, 2.45) is 0 Å². The Kier molecular flexibility index (Phi) is 18.6. The second-order valence-electron chi connectivity index (χ2n) is 12.0. The third-order valence-corrected chi connectivity index (χ3v) is 7.64. The Morgan fingerprint density at radius 1 is 0.458 bits per heavy atom. The molecule has 0 spiro atoms. The van der Waals surface area contributed by atoms with Crippen molar-refractivity contribution in [3.8, 4) is 23.0 Å². The first kappa shape index (κ1) is 41.1. The number of hydrogen-bond acceptors (Lipinski definition) is 4. The molecule has 0 aromatic heterocycles. The Morgan fingerprint density at radius 3 is 0.896 bits per heavy atom. The molecule has 4 rings (SSSR count). The van der Waals surface area contributed by atoms with E-state index < -0.39 is 0 Å². The summed E-state index contributed by atoms with van der Waals surface area (Å²) in [5.74, 6) is 2.26. The van der Waals surface area contributed by atoms with Gasteiger partial charge in [0.15, 0.2) is 0 Å². The van der Waals surface area contributed by atoms with E-state index in [-0.39, 0.29) is 22.3 Å². The van der Waals surface area contributed by atoms with Gasteiger partial charge in [-0.25, -0.2) is 0 Å². The smallest absolute Gasteiger partial charge is 0.119 e. The summed E-state index contributed by atoms with van der Waals surface area (Å²) in [6.45, 7) is 28.1. The van der Waals surface area contributed by atoms with Crippen molar-refractivity contribution in [1.82, 2.24) is 0 Å². The standard InChI is InChI=1S/C21H24O2.C15H16O2.2C4H8/c1-5-15-22-19-11-7-17(8-12-19)21(3,4)18-9-13-20(14-10-18)23-16-6-2;1-15(2,11-3-7-13(16)8-4-11)12-5-9-14(17)10-6-12;2*1-3-4-2/h5-14H,1-2,15-16H2,3-4H3;3-10,16-17H,1-2H3;2*3H,1,4H2,2H3. The van der Waals surface area contributed by atoms with Crippen molar-refractivity contribution in [3.63, 3.8) is 0 Å². The normalized spacial score (nSPS) is 10.3. The molecule has 0 unspecified atom stereocenters. The van der Waals surface area contributed by atoms with E-state index in [1.165, 1.54) is 11.1 Å². The van der Waals surface area contributed by atoms with Crippen LogP contribution in [0.25, 0.3) is 0 Å². The van der Waals surface area contributed by atoms with Crippen LogP contribution in [0.3, 0.4) is 0 Å². The minimum atomic E-state index is -0.151.